The predicted octanol–water partition coefficient (Wildman–Crippen LogP) is 1.13. The maximum absolute atomic E-state index is 11.1. The normalized spacial score (nSPS) is 26.2. The quantitative estimate of drug-likeness (QED) is 0.757. The third kappa shape index (κ3) is 3.57. The molecule has 0 bridgehead atoms. The molecule has 1 heterocycles. The second-order valence-electron chi connectivity index (χ2n) is 5.41. The molecule has 2 unspecified atom stereocenters. The largest absolute Gasteiger partial charge is 0.465 e. The first-order chi connectivity index (χ1) is 7.52. The summed E-state index contributed by atoms with van der Waals surface area (Å²) in [5.41, 5.74) is -0.371. The van der Waals surface area contributed by atoms with Crippen molar-refractivity contribution in [1.82, 2.24) is 4.90 Å². The fourth-order valence-electron chi connectivity index (χ4n) is 2.33. The summed E-state index contributed by atoms with van der Waals surface area (Å²) < 4.78 is 27.3. The van der Waals surface area contributed by atoms with Gasteiger partial charge in [-0.2, -0.15) is 8.42 Å². The van der Waals surface area contributed by atoms with Gasteiger partial charge in [0.25, 0.3) is 10.1 Å². The standard InChI is InChI=1S/C10H19NO5S/c1-10(2,3)8-7(16-17(4,14)15)5-6-11(8)9(12)13/h7-8H,5-6H2,1-4H3,(H,12,13). The lowest BCUT2D eigenvalue weighted by Crippen LogP contribution is -2.48. The van der Waals surface area contributed by atoms with Crippen LogP contribution in [0.1, 0.15) is 27.2 Å². The van der Waals surface area contributed by atoms with Crippen molar-refractivity contribution in [3.05, 3.63) is 0 Å². The summed E-state index contributed by atoms with van der Waals surface area (Å²) in [6.07, 6.45) is -0.247. The van der Waals surface area contributed by atoms with Gasteiger partial charge in [-0.15, -0.1) is 0 Å². The molecule has 17 heavy (non-hydrogen) atoms. The molecule has 1 aliphatic rings. The summed E-state index contributed by atoms with van der Waals surface area (Å²) >= 11 is 0. The van der Waals surface area contributed by atoms with Crippen molar-refractivity contribution in [2.45, 2.75) is 39.3 Å². The molecule has 2 atom stereocenters. The lowest BCUT2D eigenvalue weighted by molar-refractivity contribution is 0.0602. The summed E-state index contributed by atoms with van der Waals surface area (Å²) in [5.74, 6) is 0. The maximum Gasteiger partial charge on any atom is 0.407 e. The van der Waals surface area contributed by atoms with E-state index >= 15 is 0 Å². The van der Waals surface area contributed by atoms with Crippen molar-refractivity contribution in [2.24, 2.45) is 5.41 Å². The Balaban J connectivity index is 2.97. The van der Waals surface area contributed by atoms with Crippen LogP contribution in [0.25, 0.3) is 0 Å². The van der Waals surface area contributed by atoms with Crippen LogP contribution in [-0.4, -0.2) is 49.5 Å². The summed E-state index contributed by atoms with van der Waals surface area (Å²) in [6.45, 7) is 5.92. The van der Waals surface area contributed by atoms with Crippen molar-refractivity contribution in [3.63, 3.8) is 0 Å². The molecule has 100 valence electrons. The number of likely N-dealkylation sites (tertiary alicyclic amines) is 1. The van der Waals surface area contributed by atoms with Gasteiger partial charge in [0.2, 0.25) is 0 Å². The highest BCUT2D eigenvalue weighted by Gasteiger charge is 2.45. The highest BCUT2D eigenvalue weighted by Crippen LogP contribution is 2.35. The van der Waals surface area contributed by atoms with Crippen LogP contribution >= 0.6 is 0 Å². The predicted molar refractivity (Wildman–Crippen MR) is 62.3 cm³/mol. The molecule has 1 rings (SSSR count). The van der Waals surface area contributed by atoms with Gasteiger partial charge in [-0.1, -0.05) is 20.8 Å². The number of hydrogen-bond donors (Lipinski definition) is 1. The Bertz CT molecular complexity index is 397. The van der Waals surface area contributed by atoms with Gasteiger partial charge in [0.15, 0.2) is 0 Å². The number of carboxylic acid groups (broad SMARTS) is 1. The third-order valence-corrected chi connectivity index (χ3v) is 3.37. The molecule has 6 nitrogen and oxygen atoms in total. The first-order valence-electron chi connectivity index (χ1n) is 5.40. The van der Waals surface area contributed by atoms with Crippen LogP contribution in [0.2, 0.25) is 0 Å². The summed E-state index contributed by atoms with van der Waals surface area (Å²) in [6, 6.07) is -0.449. The zero-order chi connectivity index (χ0) is 13.4. The molecule has 0 saturated carbocycles. The monoisotopic (exact) mass is 265 g/mol. The van der Waals surface area contributed by atoms with Crippen LogP contribution in [-0.2, 0) is 14.3 Å². The van der Waals surface area contributed by atoms with Crippen LogP contribution in [0.4, 0.5) is 4.79 Å². The van der Waals surface area contributed by atoms with E-state index in [9.17, 15) is 13.2 Å². The number of carbonyl (C=O) groups is 1. The Labute approximate surface area is 102 Å². The van der Waals surface area contributed by atoms with Crippen LogP contribution in [0.5, 0.6) is 0 Å². The lowest BCUT2D eigenvalue weighted by Gasteiger charge is -2.36. The van der Waals surface area contributed by atoms with E-state index in [1.54, 1.807) is 0 Å². The summed E-state index contributed by atoms with van der Waals surface area (Å²) in [5, 5.41) is 9.08. The van der Waals surface area contributed by atoms with E-state index in [4.69, 9.17) is 9.29 Å². The molecule has 1 saturated heterocycles. The van der Waals surface area contributed by atoms with Gasteiger partial charge < -0.3 is 10.0 Å². The fraction of sp³-hybridized carbons (Fsp3) is 0.900. The van der Waals surface area contributed by atoms with Gasteiger partial charge in [0, 0.05) is 6.54 Å². The Hall–Kier alpha value is -0.820. The van der Waals surface area contributed by atoms with E-state index in [1.165, 1.54) is 4.90 Å². The average molecular weight is 265 g/mol. The maximum atomic E-state index is 11.1. The molecule has 1 fully saturated rings. The van der Waals surface area contributed by atoms with Crippen molar-refractivity contribution in [3.8, 4) is 0 Å². The molecule has 1 amide bonds. The van der Waals surface area contributed by atoms with E-state index in [0.29, 0.717) is 13.0 Å². The van der Waals surface area contributed by atoms with Gasteiger partial charge >= 0.3 is 6.09 Å². The van der Waals surface area contributed by atoms with Gasteiger partial charge in [0.05, 0.1) is 18.4 Å². The van der Waals surface area contributed by atoms with Gasteiger partial charge in [-0.25, -0.2) is 4.79 Å². The highest BCUT2D eigenvalue weighted by molar-refractivity contribution is 7.86. The highest BCUT2D eigenvalue weighted by atomic mass is 32.2. The molecule has 7 heteroatoms. The molecule has 1 N–H and O–H groups in total. The van der Waals surface area contributed by atoms with E-state index < -0.39 is 28.4 Å². The second-order valence-corrected chi connectivity index (χ2v) is 7.02. The SMILES string of the molecule is CC(C)(C)C1C(OS(C)(=O)=O)CCN1C(=O)O. The van der Waals surface area contributed by atoms with Crippen LogP contribution in [0.15, 0.2) is 0 Å². The Morgan fingerprint density at radius 2 is 1.94 bits per heavy atom. The summed E-state index contributed by atoms with van der Waals surface area (Å²) in [4.78, 5) is 12.4. The second kappa shape index (κ2) is 4.45. The molecular weight excluding hydrogens is 246 g/mol. The zero-order valence-corrected chi connectivity index (χ0v) is 11.3. The van der Waals surface area contributed by atoms with E-state index in [2.05, 4.69) is 0 Å². The van der Waals surface area contributed by atoms with E-state index in [-0.39, 0.29) is 5.41 Å². The van der Waals surface area contributed by atoms with E-state index in [0.717, 1.165) is 6.26 Å². The molecule has 0 aromatic carbocycles. The smallest absolute Gasteiger partial charge is 0.407 e. The number of hydrogen-bond acceptors (Lipinski definition) is 4. The van der Waals surface area contributed by atoms with Crippen LogP contribution in [0, 0.1) is 5.41 Å². The fourth-order valence-corrected chi connectivity index (χ4v) is 2.98. The molecule has 0 aromatic rings. The van der Waals surface area contributed by atoms with Crippen molar-refractivity contribution < 1.29 is 22.5 Å². The van der Waals surface area contributed by atoms with Crippen LogP contribution in [0.3, 0.4) is 0 Å². The van der Waals surface area contributed by atoms with Crippen molar-refractivity contribution in [2.75, 3.05) is 12.8 Å². The van der Waals surface area contributed by atoms with Gasteiger partial charge in [-0.05, 0) is 11.8 Å². The summed E-state index contributed by atoms with van der Waals surface area (Å²) in [7, 11) is -3.57. The first kappa shape index (κ1) is 14.2. The van der Waals surface area contributed by atoms with Crippen molar-refractivity contribution >= 4 is 16.2 Å². The number of amides is 1. The molecule has 0 aromatic heterocycles. The lowest BCUT2D eigenvalue weighted by atomic mass is 9.84. The zero-order valence-electron chi connectivity index (χ0n) is 10.5. The number of rotatable bonds is 2. The topological polar surface area (TPSA) is 83.9 Å². The van der Waals surface area contributed by atoms with Gasteiger partial charge in [0.1, 0.15) is 0 Å². The average Bonchev–Trinajstić information content (AvgIpc) is 2.43. The molecule has 1 aliphatic heterocycles. The van der Waals surface area contributed by atoms with E-state index in [1.807, 2.05) is 20.8 Å². The molecule has 0 radical (unpaired) electrons. The minimum Gasteiger partial charge on any atom is -0.465 e. The molecular formula is C10H19NO5S. The van der Waals surface area contributed by atoms with Crippen molar-refractivity contribution in [1.29, 1.82) is 0 Å². The first-order valence-corrected chi connectivity index (χ1v) is 7.22. The molecule has 0 aliphatic carbocycles. The van der Waals surface area contributed by atoms with Crippen LogP contribution < -0.4 is 0 Å². The minimum absolute atomic E-state index is 0.303. The Kier molecular flexibility index (Phi) is 3.73. The number of nitrogens with zero attached hydrogens (tertiary/aromatic N) is 1. The third-order valence-electron chi connectivity index (χ3n) is 2.77. The molecule has 0 spiro atoms. The Morgan fingerprint density at radius 1 is 1.41 bits per heavy atom. The Morgan fingerprint density at radius 3 is 2.29 bits per heavy atom. The minimum atomic E-state index is -3.57. The van der Waals surface area contributed by atoms with Gasteiger partial charge in [-0.3, -0.25) is 4.18 Å².